The molecule has 0 aliphatic carbocycles. The van der Waals surface area contributed by atoms with E-state index in [0.717, 1.165) is 142 Å². The van der Waals surface area contributed by atoms with E-state index in [0.29, 0.717) is 61.8 Å². The van der Waals surface area contributed by atoms with Crippen LogP contribution in [0.4, 0.5) is 34.3 Å². The minimum Gasteiger partial charge on any atom is -0.399 e. The van der Waals surface area contributed by atoms with Crippen LogP contribution in [0, 0.1) is 62.3 Å². The Morgan fingerprint density at radius 3 is 1.22 bits per heavy atom. The molecule has 10 aromatic heterocycles. The molecule has 4 aromatic carbocycles. The van der Waals surface area contributed by atoms with E-state index in [1.807, 2.05) is 178 Å². The van der Waals surface area contributed by atoms with Gasteiger partial charge in [0.2, 0.25) is 0 Å². The highest BCUT2D eigenvalue weighted by molar-refractivity contribution is 9.10. The molecule has 44 heteroatoms. The molecule has 14 aromatic rings. The number of fused-ring (bicyclic) bond motifs is 2. The number of benzene rings is 4. The summed E-state index contributed by atoms with van der Waals surface area (Å²) in [5.41, 5.74) is 38.2. The molecule has 3 aliphatic heterocycles. The maximum atomic E-state index is 12.8. The number of hydrogen-bond acceptors (Lipinski definition) is 28. The number of imidazole rings is 2. The molecule has 17 rings (SSSR count). The molecule has 3 fully saturated rings. The smallest absolute Gasteiger partial charge is 0.399 e. The van der Waals surface area contributed by atoms with Gasteiger partial charge in [-0.1, -0.05) is 59.1 Å². The summed E-state index contributed by atoms with van der Waals surface area (Å²) in [6, 6.07) is 23.2. The molecule has 2 unspecified atom stereocenters. The van der Waals surface area contributed by atoms with Gasteiger partial charge in [0.25, 0.3) is 0 Å². The molecule has 3 aliphatic rings. The zero-order chi connectivity index (χ0) is 98.2. The van der Waals surface area contributed by atoms with Crippen LogP contribution in [0.15, 0.2) is 152 Å². The van der Waals surface area contributed by atoms with Crippen LogP contribution in [0.3, 0.4) is 0 Å². The van der Waals surface area contributed by atoms with E-state index < -0.39 is 57.7 Å². The van der Waals surface area contributed by atoms with E-state index in [4.69, 9.17) is 81.5 Å². The second-order valence-corrected chi connectivity index (χ2v) is 43.6. The number of aryl methyl sites for hydroxylation is 14. The van der Waals surface area contributed by atoms with Crippen LogP contribution < -0.4 is 33.7 Å². The Bertz CT molecular complexity index is 6890. The molecule has 0 amide bonds. The van der Waals surface area contributed by atoms with Crippen molar-refractivity contribution < 1.29 is 52.5 Å². The molecular weight excluding hydrogens is 1910 g/mol. The number of sulfone groups is 4. The van der Waals surface area contributed by atoms with Crippen molar-refractivity contribution in [3.63, 3.8) is 0 Å². The quantitative estimate of drug-likeness (QED) is 0.0431. The predicted octanol–water partition coefficient (Wildman–Crippen LogP) is 15.3. The normalized spacial score (nSPS) is 15.2. The summed E-state index contributed by atoms with van der Waals surface area (Å²) >= 11 is 21.8. The van der Waals surface area contributed by atoms with Gasteiger partial charge in [-0.25, -0.2) is 58.6 Å². The number of nitrogens with one attached hydrogen (secondary N) is 1. The number of halogens is 4. The lowest BCUT2D eigenvalue weighted by Gasteiger charge is -2.32. The summed E-state index contributed by atoms with van der Waals surface area (Å²) in [5, 5.41) is 25.5. The van der Waals surface area contributed by atoms with Crippen molar-refractivity contribution in [2.24, 2.45) is 35.2 Å². The fourth-order valence-corrected chi connectivity index (χ4v) is 18.9. The summed E-state index contributed by atoms with van der Waals surface area (Å²) in [7, 11) is -4.90. The van der Waals surface area contributed by atoms with Gasteiger partial charge in [0.15, 0.2) is 50.6 Å². The highest BCUT2D eigenvalue weighted by atomic mass is 79.9. The predicted molar refractivity (Wildman–Crippen MR) is 528 cm³/mol. The van der Waals surface area contributed by atoms with Crippen LogP contribution in [-0.4, -0.2) is 178 Å². The standard InChI is InChI=1S/C24H27ClN6O3S.C13H20BNO4S.C12H13Cl2N3O.2C12H15N3O2S.C6H9N3.C5H7BrN2.C5H8N2/c1-14-13-30(3)29-22(14)16-8-9-17(19(11-16)35(4,32)33)27-18-12-20(25)28-24-23(18)26-15(2)31(24)21-7-5-6-10-34-21;1-12(2)13(3,4)19-14(18-12)9-6-7-10(15)11(8-9)20(5,16)17;1-7-15-11-8(13)6-9(14)16-12(11)17(7)10-4-2-3-5-18-10;2*1-8-7-15(2)14-12(8)9-4-5-10(13)11(6-9)18(3,16)17;1-4-5(2)9-6(7)3-8-4;1-4-3-8(2)7-5(4)6;1-5-3-6-7(2)4-5/h8-9,11-13,21H,5-7,10H2,1-4H3,(H,27,28);6-8H,15H2,1-5H3;6,10H,2-5H2,1H3;2*4-7H,13H2,1-3H3;3H,1-2H3,(H2,7,9);3H,1-2H3;3-4H,1-2H3. The Labute approximate surface area is 800 Å². The molecule has 35 nitrogen and oxygen atoms in total. The second-order valence-electron chi connectivity index (χ2n) is 33.7. The first-order valence-corrected chi connectivity index (χ1v) is 51.4. The van der Waals surface area contributed by atoms with Crippen LogP contribution in [0.25, 0.3) is 56.1 Å². The maximum Gasteiger partial charge on any atom is 0.494 e. The number of nitrogens with two attached hydrogens (primary N) is 4. The first-order chi connectivity index (χ1) is 62.0. The largest absolute Gasteiger partial charge is 0.494 e. The van der Waals surface area contributed by atoms with Crippen LogP contribution in [0.2, 0.25) is 15.3 Å². The average molecular weight is 2020 g/mol. The summed E-state index contributed by atoms with van der Waals surface area (Å²) in [4.78, 5) is 26.6. The first kappa shape index (κ1) is 104. The topological polar surface area (TPSA) is 466 Å². The van der Waals surface area contributed by atoms with Gasteiger partial charge < -0.3 is 47.0 Å². The van der Waals surface area contributed by atoms with Crippen LogP contribution in [0.1, 0.15) is 130 Å². The van der Waals surface area contributed by atoms with E-state index in [1.165, 1.54) is 23.4 Å². The molecule has 133 heavy (non-hydrogen) atoms. The number of hydrogen-bond donors (Lipinski definition) is 5. The van der Waals surface area contributed by atoms with Crippen molar-refractivity contribution in [3.8, 4) is 33.8 Å². The highest BCUT2D eigenvalue weighted by Crippen LogP contribution is 2.40. The van der Waals surface area contributed by atoms with Gasteiger partial charge in [-0.2, -0.15) is 25.5 Å². The van der Waals surface area contributed by atoms with Gasteiger partial charge in [0.1, 0.15) is 55.9 Å². The van der Waals surface area contributed by atoms with E-state index in [1.54, 1.807) is 102 Å². The zero-order valence-corrected chi connectivity index (χ0v) is 85.5. The Balaban J connectivity index is 0.000000165. The second kappa shape index (κ2) is 42.9. The number of ether oxygens (including phenoxy) is 2. The lowest BCUT2D eigenvalue weighted by atomic mass is 9.79. The third kappa shape index (κ3) is 26.7. The van der Waals surface area contributed by atoms with Gasteiger partial charge in [-0.3, -0.25) is 37.5 Å². The molecule has 0 radical (unpaired) electrons. The molecule has 0 saturated carbocycles. The fourth-order valence-electron chi connectivity index (χ4n) is 14.5. The van der Waals surface area contributed by atoms with Crippen molar-refractivity contribution in [2.45, 2.75) is 172 Å². The molecule has 9 N–H and O–H groups in total. The average Bonchev–Trinajstić information content (AvgIpc) is 1.59. The van der Waals surface area contributed by atoms with E-state index in [9.17, 15) is 33.7 Å². The number of nitrogens with zero attached hydrogens (tertiary/aromatic N) is 18. The van der Waals surface area contributed by atoms with Crippen LogP contribution in [0.5, 0.6) is 0 Å². The van der Waals surface area contributed by atoms with Crippen molar-refractivity contribution in [1.82, 2.24) is 87.9 Å². The third-order valence-electron chi connectivity index (χ3n) is 21.7. The molecule has 13 heterocycles. The van der Waals surface area contributed by atoms with E-state index in [-0.39, 0.29) is 54.3 Å². The summed E-state index contributed by atoms with van der Waals surface area (Å²) < 4.78 is 133. The van der Waals surface area contributed by atoms with Crippen LogP contribution in [-0.2, 0) is 93.4 Å². The number of anilines is 6. The lowest BCUT2D eigenvalue weighted by Crippen LogP contribution is -2.41. The third-order valence-corrected chi connectivity index (χ3v) is 27.8. The highest BCUT2D eigenvalue weighted by Gasteiger charge is 2.52. The molecular formula is C89H114BBrCl3N23O12S4. The SMILES string of the molecule is CC1(C)OB(c2ccc(N)c(S(C)(=O)=O)c2)OC1(C)C.Cc1cn(C)nc1-c1ccc(N)c(S(C)(=O)=O)c1.Cc1cn(C)nc1-c1ccc(N)c(S(C)(=O)=O)c1.Cc1cn(C)nc1-c1ccc(Nc2cc(Cl)nc3c2nc(C)n3C2CCCCO2)c(S(C)(=O)=O)c1.Cc1cn(C)nc1Br.Cc1cnn(C)c1.Cc1nc2c(Cl)cc(Cl)nc2n1C1CCCCO1.Cc1ncc(N)nc1C. The van der Waals surface area contributed by atoms with Crippen molar-refractivity contribution >= 4 is 159 Å². The summed E-state index contributed by atoms with van der Waals surface area (Å²) in [5.74, 6) is 2.10. The Kier molecular flexibility index (Phi) is 33.7. The van der Waals surface area contributed by atoms with Crippen molar-refractivity contribution in [3.05, 3.63) is 199 Å². The zero-order valence-electron chi connectivity index (χ0n) is 78.4. The van der Waals surface area contributed by atoms with Gasteiger partial charge in [-0.05, 0) is 227 Å². The van der Waals surface area contributed by atoms with E-state index >= 15 is 0 Å². The molecule has 3 saturated heterocycles. The lowest BCUT2D eigenvalue weighted by molar-refractivity contribution is -0.0310. The molecule has 712 valence electrons. The molecule has 2 atom stereocenters. The first-order valence-electron chi connectivity index (χ1n) is 41.9. The summed E-state index contributed by atoms with van der Waals surface area (Å²) in [6.07, 6.45) is 23.6. The fraction of sp³-hybridized carbons (Fsp3) is 0.382. The number of rotatable bonds is 12. The van der Waals surface area contributed by atoms with E-state index in [2.05, 4.69) is 71.7 Å². The van der Waals surface area contributed by atoms with Gasteiger partial charge in [0, 0.05) is 133 Å². The minimum absolute atomic E-state index is 0.00853. The molecule has 0 spiro atoms. The van der Waals surface area contributed by atoms with Gasteiger partial charge in [0.05, 0.1) is 105 Å². The number of nitrogen functional groups attached to an aromatic ring is 4. The van der Waals surface area contributed by atoms with Crippen molar-refractivity contribution in [2.75, 3.05) is 66.5 Å². The Morgan fingerprint density at radius 1 is 0.451 bits per heavy atom. The maximum absolute atomic E-state index is 12.8. The number of pyridine rings is 2. The van der Waals surface area contributed by atoms with Gasteiger partial charge in [-0.15, -0.1) is 0 Å². The Morgan fingerprint density at radius 2 is 0.857 bits per heavy atom. The van der Waals surface area contributed by atoms with Crippen LogP contribution >= 0.6 is 50.7 Å². The molecule has 0 bridgehead atoms. The monoisotopic (exact) mass is 2020 g/mol. The number of aromatic nitrogens is 18. The Hall–Kier alpha value is -10.7. The minimum atomic E-state index is -3.56. The summed E-state index contributed by atoms with van der Waals surface area (Å²) in [6.45, 7) is 26.7. The van der Waals surface area contributed by atoms with Gasteiger partial charge >= 0.3 is 7.12 Å². The van der Waals surface area contributed by atoms with Crippen molar-refractivity contribution in [1.29, 1.82) is 0 Å².